The Labute approximate surface area is 90.3 Å². The first-order valence-electron chi connectivity index (χ1n) is 4.37. The van der Waals surface area contributed by atoms with Crippen molar-refractivity contribution in [1.82, 2.24) is 4.90 Å². The van der Waals surface area contributed by atoms with Crippen molar-refractivity contribution < 1.29 is 5.11 Å². The van der Waals surface area contributed by atoms with Gasteiger partial charge in [0, 0.05) is 19.6 Å². The fourth-order valence-corrected chi connectivity index (χ4v) is 2.84. The Balaban J connectivity index is 1.91. The summed E-state index contributed by atoms with van der Waals surface area (Å²) in [7, 11) is 0. The summed E-state index contributed by atoms with van der Waals surface area (Å²) in [4.78, 5) is 2.29. The maximum absolute atomic E-state index is 9.33. The van der Waals surface area contributed by atoms with E-state index in [0.29, 0.717) is 0 Å². The van der Waals surface area contributed by atoms with Crippen LogP contribution in [0, 0.1) is 0 Å². The van der Waals surface area contributed by atoms with E-state index in [0.717, 1.165) is 26.1 Å². The molecule has 0 amide bonds. The van der Waals surface area contributed by atoms with Crippen LogP contribution in [0.4, 0.5) is 0 Å². The minimum atomic E-state index is -0.109. The van der Waals surface area contributed by atoms with Crippen molar-refractivity contribution in [3.63, 3.8) is 0 Å². The molecule has 13 heavy (non-hydrogen) atoms. The van der Waals surface area contributed by atoms with Gasteiger partial charge in [0.05, 0.1) is 9.89 Å². The highest BCUT2D eigenvalue weighted by atomic mass is 79.9. The number of halogens is 1. The summed E-state index contributed by atoms with van der Waals surface area (Å²) in [5.74, 6) is 0. The van der Waals surface area contributed by atoms with Crippen LogP contribution >= 0.6 is 27.3 Å². The molecular formula is C9H12BrNOS. The lowest BCUT2D eigenvalue weighted by Gasteiger charge is -2.12. The third kappa shape index (κ3) is 2.53. The molecule has 0 bridgehead atoms. The number of β-amino-alcohol motifs (C(OH)–C–C–N with tert-alkyl or cyclic N) is 1. The summed E-state index contributed by atoms with van der Waals surface area (Å²) in [6.45, 7) is 2.82. The molecule has 0 spiro atoms. The second-order valence-electron chi connectivity index (χ2n) is 3.44. The molecule has 1 aromatic rings. The summed E-state index contributed by atoms with van der Waals surface area (Å²) in [5.41, 5.74) is 1.34. The molecule has 0 unspecified atom stereocenters. The second-order valence-corrected chi connectivity index (χ2v) is 5.73. The predicted molar refractivity (Wildman–Crippen MR) is 57.9 cm³/mol. The lowest BCUT2D eigenvalue weighted by Crippen LogP contribution is -2.21. The quantitative estimate of drug-likeness (QED) is 0.882. The molecule has 1 aliphatic rings. The van der Waals surface area contributed by atoms with Gasteiger partial charge in [0.1, 0.15) is 0 Å². The largest absolute Gasteiger partial charge is 0.392 e. The summed E-state index contributed by atoms with van der Waals surface area (Å²) in [6.07, 6.45) is 0.813. The van der Waals surface area contributed by atoms with Gasteiger partial charge in [0.15, 0.2) is 0 Å². The van der Waals surface area contributed by atoms with Gasteiger partial charge in [0.2, 0.25) is 0 Å². The molecule has 1 N–H and O–H groups in total. The van der Waals surface area contributed by atoms with Crippen molar-refractivity contribution in [2.45, 2.75) is 19.1 Å². The van der Waals surface area contributed by atoms with Crippen LogP contribution in [0.5, 0.6) is 0 Å². The van der Waals surface area contributed by atoms with Crippen LogP contribution in [0.15, 0.2) is 15.2 Å². The number of rotatable bonds is 2. The molecule has 0 saturated carbocycles. The van der Waals surface area contributed by atoms with Crippen molar-refractivity contribution >= 4 is 27.3 Å². The Morgan fingerprint density at radius 1 is 1.69 bits per heavy atom. The standard InChI is InChI=1S/C9H12BrNOS/c10-9-3-7(6-13-9)4-11-2-1-8(12)5-11/h3,6,8,12H,1-2,4-5H2/t8-/m1/s1. The van der Waals surface area contributed by atoms with Crippen LogP contribution in [-0.2, 0) is 6.54 Å². The summed E-state index contributed by atoms with van der Waals surface area (Å²) in [6, 6.07) is 2.15. The normalized spacial score (nSPS) is 24.0. The Kier molecular flexibility index (Phi) is 3.03. The van der Waals surface area contributed by atoms with Crippen LogP contribution in [-0.4, -0.2) is 29.2 Å². The molecule has 1 aromatic heterocycles. The Morgan fingerprint density at radius 3 is 3.08 bits per heavy atom. The Hall–Kier alpha value is 0.100. The van der Waals surface area contributed by atoms with E-state index in [9.17, 15) is 5.11 Å². The fourth-order valence-electron chi connectivity index (χ4n) is 1.64. The van der Waals surface area contributed by atoms with E-state index in [1.165, 1.54) is 9.35 Å². The van der Waals surface area contributed by atoms with E-state index < -0.39 is 0 Å². The van der Waals surface area contributed by atoms with Gasteiger partial charge in [-0.2, -0.15) is 0 Å². The number of nitrogens with zero attached hydrogens (tertiary/aromatic N) is 1. The van der Waals surface area contributed by atoms with Gasteiger partial charge in [0.25, 0.3) is 0 Å². The van der Waals surface area contributed by atoms with Crippen molar-refractivity contribution in [1.29, 1.82) is 0 Å². The molecule has 0 aromatic carbocycles. The zero-order chi connectivity index (χ0) is 9.26. The third-order valence-corrected chi connectivity index (χ3v) is 3.83. The highest BCUT2D eigenvalue weighted by molar-refractivity contribution is 9.11. The van der Waals surface area contributed by atoms with Crippen molar-refractivity contribution in [3.05, 3.63) is 20.8 Å². The predicted octanol–water partition coefficient (Wildman–Crippen LogP) is 2.08. The van der Waals surface area contributed by atoms with E-state index in [-0.39, 0.29) is 6.10 Å². The monoisotopic (exact) mass is 261 g/mol. The molecular weight excluding hydrogens is 250 g/mol. The molecule has 2 nitrogen and oxygen atoms in total. The maximum atomic E-state index is 9.33. The van der Waals surface area contributed by atoms with Crippen LogP contribution in [0.3, 0.4) is 0 Å². The van der Waals surface area contributed by atoms with Gasteiger partial charge < -0.3 is 5.11 Å². The van der Waals surface area contributed by atoms with Crippen molar-refractivity contribution in [3.8, 4) is 0 Å². The van der Waals surface area contributed by atoms with Gasteiger partial charge in [-0.05, 0) is 39.4 Å². The van der Waals surface area contributed by atoms with Crippen LogP contribution in [0.25, 0.3) is 0 Å². The Bertz CT molecular complexity index is 289. The second kappa shape index (κ2) is 4.09. The van der Waals surface area contributed by atoms with Gasteiger partial charge in [-0.1, -0.05) is 0 Å². The van der Waals surface area contributed by atoms with Crippen molar-refractivity contribution in [2.75, 3.05) is 13.1 Å². The smallest absolute Gasteiger partial charge is 0.0701 e. The minimum absolute atomic E-state index is 0.109. The molecule has 72 valence electrons. The highest BCUT2D eigenvalue weighted by Gasteiger charge is 2.19. The van der Waals surface area contributed by atoms with Gasteiger partial charge >= 0.3 is 0 Å². The molecule has 1 aliphatic heterocycles. The van der Waals surface area contributed by atoms with E-state index in [1.807, 2.05) is 0 Å². The summed E-state index contributed by atoms with van der Waals surface area (Å²) >= 11 is 5.16. The molecule has 1 atom stereocenters. The lowest BCUT2D eigenvalue weighted by molar-refractivity contribution is 0.175. The average Bonchev–Trinajstić information content (AvgIpc) is 2.62. The number of hydrogen-bond acceptors (Lipinski definition) is 3. The molecule has 1 saturated heterocycles. The summed E-state index contributed by atoms with van der Waals surface area (Å²) < 4.78 is 1.18. The molecule has 0 radical (unpaired) electrons. The Morgan fingerprint density at radius 2 is 2.54 bits per heavy atom. The van der Waals surface area contributed by atoms with Crippen LogP contribution in [0.1, 0.15) is 12.0 Å². The first kappa shape index (κ1) is 9.65. The number of thiophene rings is 1. The molecule has 4 heteroatoms. The molecule has 2 rings (SSSR count). The van der Waals surface area contributed by atoms with Crippen LogP contribution in [0.2, 0.25) is 0 Å². The average molecular weight is 262 g/mol. The summed E-state index contributed by atoms with van der Waals surface area (Å²) in [5, 5.41) is 11.5. The third-order valence-electron chi connectivity index (χ3n) is 2.28. The van der Waals surface area contributed by atoms with Crippen molar-refractivity contribution in [2.24, 2.45) is 0 Å². The fraction of sp³-hybridized carbons (Fsp3) is 0.556. The van der Waals surface area contributed by atoms with E-state index in [1.54, 1.807) is 11.3 Å². The SMILES string of the molecule is O[C@@H]1CCN(Cc2csc(Br)c2)C1. The topological polar surface area (TPSA) is 23.5 Å². The number of aliphatic hydroxyl groups is 1. The minimum Gasteiger partial charge on any atom is -0.392 e. The highest BCUT2D eigenvalue weighted by Crippen LogP contribution is 2.22. The zero-order valence-corrected chi connectivity index (χ0v) is 9.64. The van der Waals surface area contributed by atoms with E-state index in [4.69, 9.17) is 0 Å². The van der Waals surface area contributed by atoms with Crippen LogP contribution < -0.4 is 0 Å². The first-order valence-corrected chi connectivity index (χ1v) is 6.04. The lowest BCUT2D eigenvalue weighted by atomic mass is 10.3. The van der Waals surface area contributed by atoms with E-state index >= 15 is 0 Å². The molecule has 2 heterocycles. The number of aliphatic hydroxyl groups excluding tert-OH is 1. The van der Waals surface area contributed by atoms with Gasteiger partial charge in [-0.15, -0.1) is 11.3 Å². The number of hydrogen-bond donors (Lipinski definition) is 1. The molecule has 0 aliphatic carbocycles. The van der Waals surface area contributed by atoms with Gasteiger partial charge in [-0.25, -0.2) is 0 Å². The zero-order valence-electron chi connectivity index (χ0n) is 7.24. The molecule has 1 fully saturated rings. The van der Waals surface area contributed by atoms with Gasteiger partial charge in [-0.3, -0.25) is 4.90 Å². The maximum Gasteiger partial charge on any atom is 0.0701 e. The first-order chi connectivity index (χ1) is 6.24. The van der Waals surface area contributed by atoms with E-state index in [2.05, 4.69) is 32.3 Å². The number of likely N-dealkylation sites (tertiary alicyclic amines) is 1.